The number of hydrogen-bond acceptors (Lipinski definition) is 5. The van der Waals surface area contributed by atoms with Crippen LogP contribution in [-0.4, -0.2) is 45.4 Å². The van der Waals surface area contributed by atoms with Crippen molar-refractivity contribution in [1.82, 2.24) is 20.3 Å². The van der Waals surface area contributed by atoms with Gasteiger partial charge in [0.25, 0.3) is 11.8 Å². The number of likely N-dealkylation sites (tertiary alicyclic amines) is 1. The summed E-state index contributed by atoms with van der Waals surface area (Å²) in [4.78, 5) is 38.4. The van der Waals surface area contributed by atoms with Crippen molar-refractivity contribution < 1.29 is 18.9 Å². The number of carbonyl (C=O) groups excluding carboxylic acids is 3. The van der Waals surface area contributed by atoms with Crippen LogP contribution in [0.25, 0.3) is 0 Å². The quantitative estimate of drug-likeness (QED) is 0.697. The van der Waals surface area contributed by atoms with Gasteiger partial charge < -0.3 is 9.42 Å². The fraction of sp³-hybridized carbons (Fsp3) is 0.273. The third kappa shape index (κ3) is 1.17. The van der Waals surface area contributed by atoms with E-state index in [9.17, 15) is 14.4 Å². The van der Waals surface area contributed by atoms with Crippen molar-refractivity contribution >= 4 is 17.8 Å². The molecule has 4 rings (SSSR count). The monoisotopic (exact) mass is 260 g/mol. The number of rotatable bonds is 1. The maximum Gasteiger partial charge on any atom is 0.329 e. The van der Waals surface area contributed by atoms with Gasteiger partial charge in [-0.15, -0.1) is 0 Å². The van der Waals surface area contributed by atoms with Crippen molar-refractivity contribution in [1.29, 1.82) is 0 Å². The van der Waals surface area contributed by atoms with Crippen molar-refractivity contribution in [2.24, 2.45) is 0 Å². The molecule has 0 saturated carbocycles. The predicted octanol–water partition coefficient (Wildman–Crippen LogP) is -0.334. The number of nitrogens with one attached hydrogen (secondary N) is 1. The first-order valence-corrected chi connectivity index (χ1v) is 5.77. The lowest BCUT2D eigenvalue weighted by atomic mass is 10.3. The molecule has 8 heteroatoms. The molecule has 1 atom stereocenters. The standard InChI is InChI=1S/C11H8N4O4/c16-9-8-6-3-5(15(8)11(18)13-9)4-14(6)10(17)7-1-2-12-19-7/h1-2,5H,3-4H2,(H,13,16,18). The van der Waals surface area contributed by atoms with Crippen LogP contribution in [0.1, 0.15) is 17.0 Å². The first-order valence-electron chi connectivity index (χ1n) is 5.77. The zero-order valence-corrected chi connectivity index (χ0v) is 9.62. The van der Waals surface area contributed by atoms with Gasteiger partial charge in [-0.3, -0.25) is 19.8 Å². The molecule has 3 aliphatic heterocycles. The summed E-state index contributed by atoms with van der Waals surface area (Å²) in [5.74, 6) is -0.663. The van der Waals surface area contributed by atoms with Crippen molar-refractivity contribution in [3.05, 3.63) is 29.4 Å². The largest absolute Gasteiger partial charge is 0.351 e. The molecule has 4 heterocycles. The number of aromatic nitrogens is 1. The number of fused-ring (bicyclic) bond motifs is 4. The Hall–Kier alpha value is -2.64. The maximum atomic E-state index is 12.2. The Morgan fingerprint density at radius 2 is 2.32 bits per heavy atom. The summed E-state index contributed by atoms with van der Waals surface area (Å²) in [5, 5.41) is 5.72. The van der Waals surface area contributed by atoms with Crippen LogP contribution in [0.4, 0.5) is 4.79 Å². The Bertz CT molecular complexity index is 648. The molecule has 3 aliphatic rings. The number of amides is 4. The Labute approximate surface area is 106 Å². The molecule has 1 aromatic rings. The van der Waals surface area contributed by atoms with E-state index in [1.54, 1.807) is 0 Å². The molecular formula is C11H8N4O4. The molecule has 2 fully saturated rings. The van der Waals surface area contributed by atoms with E-state index in [1.165, 1.54) is 22.1 Å². The summed E-state index contributed by atoms with van der Waals surface area (Å²) >= 11 is 0. The highest BCUT2D eigenvalue weighted by atomic mass is 16.5. The highest BCUT2D eigenvalue weighted by Crippen LogP contribution is 2.40. The summed E-state index contributed by atoms with van der Waals surface area (Å²) in [6.45, 7) is 0.374. The highest BCUT2D eigenvalue weighted by Gasteiger charge is 2.53. The minimum absolute atomic E-state index is 0.122. The first kappa shape index (κ1) is 10.3. The summed E-state index contributed by atoms with van der Waals surface area (Å²) in [5.41, 5.74) is 0.865. The van der Waals surface area contributed by atoms with E-state index in [0.29, 0.717) is 18.7 Å². The lowest BCUT2D eigenvalue weighted by Gasteiger charge is -2.26. The third-order valence-electron chi connectivity index (χ3n) is 3.58. The molecule has 2 bridgehead atoms. The first-order chi connectivity index (χ1) is 9.16. The topological polar surface area (TPSA) is 95.8 Å². The number of hydrogen-bond donors (Lipinski definition) is 1. The van der Waals surface area contributed by atoms with Crippen molar-refractivity contribution in [2.75, 3.05) is 6.54 Å². The minimum Gasteiger partial charge on any atom is -0.351 e. The van der Waals surface area contributed by atoms with Gasteiger partial charge in [0.1, 0.15) is 5.70 Å². The smallest absolute Gasteiger partial charge is 0.329 e. The van der Waals surface area contributed by atoms with Crippen LogP contribution in [0.15, 0.2) is 28.2 Å². The summed E-state index contributed by atoms with van der Waals surface area (Å²) in [6, 6.07) is 0.895. The van der Waals surface area contributed by atoms with Gasteiger partial charge >= 0.3 is 6.03 Å². The lowest BCUT2D eigenvalue weighted by molar-refractivity contribution is -0.116. The number of urea groups is 1. The Morgan fingerprint density at radius 3 is 3.05 bits per heavy atom. The molecule has 96 valence electrons. The summed E-state index contributed by atoms with van der Waals surface area (Å²) in [6.07, 6.45) is 1.91. The highest BCUT2D eigenvalue weighted by molar-refractivity contribution is 6.13. The Kier molecular flexibility index (Phi) is 1.75. The SMILES string of the molecule is O=C1NC(=O)N2C1=C1CC2CN1C(=O)c1ccno1. The van der Waals surface area contributed by atoms with E-state index in [2.05, 4.69) is 10.5 Å². The van der Waals surface area contributed by atoms with Gasteiger partial charge in [-0.25, -0.2) is 4.79 Å². The average molecular weight is 260 g/mol. The van der Waals surface area contributed by atoms with Gasteiger partial charge in [0, 0.05) is 19.0 Å². The van der Waals surface area contributed by atoms with Gasteiger partial charge in [-0.2, -0.15) is 0 Å². The third-order valence-corrected chi connectivity index (χ3v) is 3.58. The number of nitrogens with zero attached hydrogens (tertiary/aromatic N) is 3. The van der Waals surface area contributed by atoms with Gasteiger partial charge in [-0.1, -0.05) is 5.16 Å². The zero-order chi connectivity index (χ0) is 13.1. The number of imide groups is 1. The Balaban J connectivity index is 1.75. The molecule has 0 aliphatic carbocycles. The molecule has 0 aromatic carbocycles. The van der Waals surface area contributed by atoms with Gasteiger partial charge in [-0.05, 0) is 0 Å². The van der Waals surface area contributed by atoms with E-state index in [-0.39, 0.29) is 23.4 Å². The van der Waals surface area contributed by atoms with Crippen LogP contribution in [0.3, 0.4) is 0 Å². The molecule has 1 unspecified atom stereocenters. The summed E-state index contributed by atoms with van der Waals surface area (Å²) in [7, 11) is 0. The average Bonchev–Trinajstić information content (AvgIpc) is 3.11. The zero-order valence-electron chi connectivity index (χ0n) is 9.62. The Morgan fingerprint density at radius 1 is 1.47 bits per heavy atom. The van der Waals surface area contributed by atoms with Gasteiger partial charge in [0.15, 0.2) is 0 Å². The second kappa shape index (κ2) is 3.22. The van der Waals surface area contributed by atoms with Crippen LogP contribution in [0.5, 0.6) is 0 Å². The van der Waals surface area contributed by atoms with Crippen LogP contribution in [0, 0.1) is 0 Å². The van der Waals surface area contributed by atoms with E-state index in [4.69, 9.17) is 4.52 Å². The van der Waals surface area contributed by atoms with E-state index >= 15 is 0 Å². The number of carbonyl (C=O) groups is 3. The molecule has 0 radical (unpaired) electrons. The van der Waals surface area contributed by atoms with Crippen LogP contribution in [-0.2, 0) is 4.79 Å². The predicted molar refractivity (Wildman–Crippen MR) is 58.3 cm³/mol. The normalized spacial score (nSPS) is 24.3. The molecule has 2 saturated heterocycles. The minimum atomic E-state index is -0.447. The molecule has 19 heavy (non-hydrogen) atoms. The van der Waals surface area contributed by atoms with Crippen LogP contribution >= 0.6 is 0 Å². The van der Waals surface area contributed by atoms with E-state index in [1.807, 2.05) is 0 Å². The summed E-state index contributed by atoms with van der Waals surface area (Å²) < 4.78 is 4.83. The molecule has 0 spiro atoms. The van der Waals surface area contributed by atoms with Crippen LogP contribution in [0.2, 0.25) is 0 Å². The van der Waals surface area contributed by atoms with Gasteiger partial charge in [0.05, 0.1) is 17.9 Å². The van der Waals surface area contributed by atoms with Crippen LogP contribution < -0.4 is 5.32 Å². The second-order valence-electron chi connectivity index (χ2n) is 4.57. The molecular weight excluding hydrogens is 252 g/mol. The maximum absolute atomic E-state index is 12.2. The molecule has 8 nitrogen and oxygen atoms in total. The fourth-order valence-corrected chi connectivity index (χ4v) is 2.83. The van der Waals surface area contributed by atoms with Crippen molar-refractivity contribution in [3.63, 3.8) is 0 Å². The fourth-order valence-electron chi connectivity index (χ4n) is 2.83. The molecule has 1 N–H and O–H groups in total. The molecule has 4 amide bonds. The lowest BCUT2D eigenvalue weighted by Crippen LogP contribution is -2.42. The van der Waals surface area contributed by atoms with Gasteiger partial charge in [0.2, 0.25) is 5.76 Å². The van der Waals surface area contributed by atoms with Crippen molar-refractivity contribution in [2.45, 2.75) is 12.5 Å². The second-order valence-corrected chi connectivity index (χ2v) is 4.57. The van der Waals surface area contributed by atoms with Crippen molar-refractivity contribution in [3.8, 4) is 0 Å². The van der Waals surface area contributed by atoms with E-state index < -0.39 is 11.9 Å². The van der Waals surface area contributed by atoms with E-state index in [0.717, 1.165) is 0 Å². The molecule has 1 aromatic heterocycles.